The summed E-state index contributed by atoms with van der Waals surface area (Å²) in [5, 5.41) is 2.59. The molecule has 4 amide bonds. The average Bonchev–Trinajstić information content (AvgIpc) is 3.11. The molecular weight excluding hydrogens is 300 g/mol. The Balaban J connectivity index is 1.52. The van der Waals surface area contributed by atoms with Crippen LogP contribution in [0.2, 0.25) is 0 Å². The van der Waals surface area contributed by atoms with E-state index in [0.29, 0.717) is 19.1 Å². The van der Waals surface area contributed by atoms with Crippen molar-refractivity contribution in [3.63, 3.8) is 0 Å². The molecule has 23 heavy (non-hydrogen) atoms. The molecule has 0 bridgehead atoms. The van der Waals surface area contributed by atoms with Crippen LogP contribution in [0.25, 0.3) is 0 Å². The van der Waals surface area contributed by atoms with E-state index < -0.39 is 11.6 Å². The van der Waals surface area contributed by atoms with Crippen LogP contribution in [0, 0.1) is 0 Å². The Hall–Kier alpha value is -1.67. The number of carbonyl (C=O) groups is 3. The highest BCUT2D eigenvalue weighted by Crippen LogP contribution is 2.18. The van der Waals surface area contributed by atoms with Gasteiger partial charge in [-0.25, -0.2) is 4.79 Å². The molecule has 1 unspecified atom stereocenters. The number of nitrogens with zero attached hydrogens (tertiary/aromatic N) is 3. The third-order valence-electron chi connectivity index (χ3n) is 4.83. The van der Waals surface area contributed by atoms with Gasteiger partial charge in [-0.15, -0.1) is 0 Å². The first-order chi connectivity index (χ1) is 10.9. The van der Waals surface area contributed by atoms with Gasteiger partial charge in [0.2, 0.25) is 5.91 Å². The molecule has 3 aliphatic rings. The van der Waals surface area contributed by atoms with Crippen LogP contribution in [0.4, 0.5) is 4.79 Å². The molecule has 0 aliphatic carbocycles. The van der Waals surface area contributed by atoms with Crippen molar-refractivity contribution in [2.24, 2.45) is 0 Å². The largest absolute Gasteiger partial charge is 0.380 e. The molecule has 3 heterocycles. The average molecular weight is 324 g/mol. The van der Waals surface area contributed by atoms with Crippen molar-refractivity contribution in [3.8, 4) is 0 Å². The van der Waals surface area contributed by atoms with Gasteiger partial charge in [-0.1, -0.05) is 0 Å². The fourth-order valence-electron chi connectivity index (χ4n) is 3.34. The van der Waals surface area contributed by atoms with Crippen molar-refractivity contribution in [2.45, 2.75) is 31.8 Å². The number of rotatable bonds is 3. The van der Waals surface area contributed by atoms with Gasteiger partial charge in [-0.2, -0.15) is 0 Å². The van der Waals surface area contributed by atoms with Crippen LogP contribution in [0.5, 0.6) is 0 Å². The van der Waals surface area contributed by atoms with Gasteiger partial charge < -0.3 is 15.0 Å². The fraction of sp³-hybridized carbons (Fsp3) is 0.800. The molecule has 0 spiro atoms. The second-order valence-corrected chi connectivity index (χ2v) is 6.88. The molecule has 0 aromatic rings. The molecule has 3 saturated heterocycles. The summed E-state index contributed by atoms with van der Waals surface area (Å²) in [5.41, 5.74) is -0.932. The second-order valence-electron chi connectivity index (χ2n) is 6.88. The van der Waals surface area contributed by atoms with Crippen LogP contribution in [0.1, 0.15) is 20.3 Å². The maximum atomic E-state index is 12.4. The molecule has 128 valence electrons. The minimum absolute atomic E-state index is 0.173. The van der Waals surface area contributed by atoms with Crippen LogP contribution >= 0.6 is 0 Å². The zero-order chi connectivity index (χ0) is 16.6. The van der Waals surface area contributed by atoms with E-state index in [-0.39, 0.29) is 18.4 Å². The van der Waals surface area contributed by atoms with Gasteiger partial charge in [-0.3, -0.25) is 19.4 Å². The molecule has 8 heteroatoms. The van der Waals surface area contributed by atoms with E-state index in [2.05, 4.69) is 10.2 Å². The third-order valence-corrected chi connectivity index (χ3v) is 4.83. The van der Waals surface area contributed by atoms with Gasteiger partial charge in [0, 0.05) is 38.8 Å². The smallest absolute Gasteiger partial charge is 0.325 e. The third kappa shape index (κ3) is 3.18. The molecule has 3 aliphatic heterocycles. The first-order valence-corrected chi connectivity index (χ1v) is 8.12. The van der Waals surface area contributed by atoms with Crippen LogP contribution < -0.4 is 5.32 Å². The van der Waals surface area contributed by atoms with E-state index in [4.69, 9.17) is 4.74 Å². The van der Waals surface area contributed by atoms with Gasteiger partial charge in [-0.05, 0) is 20.3 Å². The van der Waals surface area contributed by atoms with Gasteiger partial charge >= 0.3 is 6.03 Å². The van der Waals surface area contributed by atoms with E-state index in [1.54, 1.807) is 18.7 Å². The van der Waals surface area contributed by atoms with E-state index in [1.807, 2.05) is 0 Å². The lowest BCUT2D eigenvalue weighted by atomic mass is 10.1. The summed E-state index contributed by atoms with van der Waals surface area (Å²) >= 11 is 0. The monoisotopic (exact) mass is 324 g/mol. The Morgan fingerprint density at radius 1 is 1.26 bits per heavy atom. The summed E-state index contributed by atoms with van der Waals surface area (Å²) < 4.78 is 5.41. The topological polar surface area (TPSA) is 82.2 Å². The number of amides is 4. The summed E-state index contributed by atoms with van der Waals surface area (Å²) in [6, 6.07) is -0.0333. The Labute approximate surface area is 135 Å². The number of ether oxygens (including phenoxy) is 1. The maximum Gasteiger partial charge on any atom is 0.325 e. The van der Waals surface area contributed by atoms with Crippen molar-refractivity contribution < 1.29 is 19.1 Å². The number of piperazine rings is 1. The minimum atomic E-state index is -0.932. The zero-order valence-electron chi connectivity index (χ0n) is 13.7. The van der Waals surface area contributed by atoms with Crippen LogP contribution in [-0.4, -0.2) is 90.1 Å². The highest BCUT2D eigenvalue weighted by Gasteiger charge is 2.45. The van der Waals surface area contributed by atoms with Crippen molar-refractivity contribution in [1.82, 2.24) is 20.0 Å². The maximum absolute atomic E-state index is 12.4. The molecule has 0 aromatic heterocycles. The molecule has 3 fully saturated rings. The Kier molecular flexibility index (Phi) is 4.29. The summed E-state index contributed by atoms with van der Waals surface area (Å²) in [7, 11) is 0. The van der Waals surface area contributed by atoms with Gasteiger partial charge in [0.25, 0.3) is 5.91 Å². The molecule has 0 radical (unpaired) electrons. The van der Waals surface area contributed by atoms with Crippen LogP contribution in [0.3, 0.4) is 0 Å². The highest BCUT2D eigenvalue weighted by molar-refractivity contribution is 6.08. The summed E-state index contributed by atoms with van der Waals surface area (Å²) in [4.78, 5) is 41.5. The molecule has 0 aromatic carbocycles. The molecule has 0 saturated carbocycles. The minimum Gasteiger partial charge on any atom is -0.380 e. The lowest BCUT2D eigenvalue weighted by Crippen LogP contribution is -2.54. The summed E-state index contributed by atoms with van der Waals surface area (Å²) in [6.07, 6.45) is 1.05. The predicted octanol–water partition coefficient (Wildman–Crippen LogP) is -0.750. The van der Waals surface area contributed by atoms with E-state index >= 15 is 0 Å². The normalized spacial score (nSPS) is 28.3. The predicted molar refractivity (Wildman–Crippen MR) is 81.7 cm³/mol. The Morgan fingerprint density at radius 3 is 2.48 bits per heavy atom. The summed E-state index contributed by atoms with van der Waals surface area (Å²) in [5.74, 6) is -0.522. The van der Waals surface area contributed by atoms with Crippen LogP contribution in [0.15, 0.2) is 0 Å². The summed E-state index contributed by atoms with van der Waals surface area (Å²) in [6.45, 7) is 7.56. The van der Waals surface area contributed by atoms with Crippen molar-refractivity contribution in [3.05, 3.63) is 0 Å². The number of carbonyl (C=O) groups excluding carboxylic acids is 3. The van der Waals surface area contributed by atoms with Crippen molar-refractivity contribution in [1.29, 1.82) is 0 Å². The van der Waals surface area contributed by atoms with E-state index in [0.717, 1.165) is 37.6 Å². The molecule has 8 nitrogen and oxygen atoms in total. The lowest BCUT2D eigenvalue weighted by molar-refractivity contribution is -0.139. The fourth-order valence-corrected chi connectivity index (χ4v) is 3.34. The molecule has 1 atom stereocenters. The first kappa shape index (κ1) is 16.2. The SMILES string of the molecule is CC1(C)NC(=O)N(CC(=O)N2CCN(C3CCOC3)CC2)C1=O. The van der Waals surface area contributed by atoms with Crippen molar-refractivity contribution >= 4 is 17.8 Å². The van der Waals surface area contributed by atoms with E-state index in [1.165, 1.54) is 0 Å². The van der Waals surface area contributed by atoms with Crippen LogP contribution in [-0.2, 0) is 14.3 Å². The quantitative estimate of drug-likeness (QED) is 0.691. The highest BCUT2D eigenvalue weighted by atomic mass is 16.5. The number of hydrogen-bond donors (Lipinski definition) is 1. The van der Waals surface area contributed by atoms with Gasteiger partial charge in [0.05, 0.1) is 6.61 Å². The molecule has 3 rings (SSSR count). The molecule has 1 N–H and O–H groups in total. The zero-order valence-corrected chi connectivity index (χ0v) is 13.7. The van der Waals surface area contributed by atoms with Crippen molar-refractivity contribution in [2.75, 3.05) is 45.9 Å². The number of hydrogen-bond acceptors (Lipinski definition) is 5. The van der Waals surface area contributed by atoms with E-state index in [9.17, 15) is 14.4 Å². The standard InChI is InChI=1S/C15H24N4O4/c1-15(2)13(21)19(14(22)16-15)9-12(20)18-6-4-17(5-7-18)11-3-8-23-10-11/h11H,3-10H2,1-2H3,(H,16,22). The van der Waals surface area contributed by atoms with Gasteiger partial charge in [0.15, 0.2) is 0 Å². The number of imide groups is 1. The second kappa shape index (κ2) is 6.09. The Morgan fingerprint density at radius 2 is 1.96 bits per heavy atom. The Bertz CT molecular complexity index is 508. The lowest BCUT2D eigenvalue weighted by Gasteiger charge is -2.37. The number of nitrogens with one attached hydrogen (secondary N) is 1. The van der Waals surface area contributed by atoms with Gasteiger partial charge in [0.1, 0.15) is 12.1 Å². The number of urea groups is 1. The first-order valence-electron chi connectivity index (χ1n) is 8.12. The molecular formula is C15H24N4O4.